The minimum Gasteiger partial charge on any atom is -0.490 e. The van der Waals surface area contributed by atoms with E-state index in [2.05, 4.69) is 5.32 Å². The summed E-state index contributed by atoms with van der Waals surface area (Å²) in [4.78, 5) is 23.9. The molecular formula is C23H29NO5. The van der Waals surface area contributed by atoms with E-state index in [4.69, 9.17) is 14.2 Å². The van der Waals surface area contributed by atoms with Gasteiger partial charge in [-0.05, 0) is 62.7 Å². The van der Waals surface area contributed by atoms with Gasteiger partial charge >= 0.3 is 0 Å². The molecule has 0 fully saturated rings. The van der Waals surface area contributed by atoms with E-state index in [1.54, 1.807) is 24.3 Å². The maximum atomic E-state index is 12.3. The Kier molecular flexibility index (Phi) is 8.52. The Morgan fingerprint density at radius 3 is 2.17 bits per heavy atom. The summed E-state index contributed by atoms with van der Waals surface area (Å²) >= 11 is 0. The smallest absolute Gasteiger partial charge is 0.258 e. The second-order valence-electron chi connectivity index (χ2n) is 6.45. The van der Waals surface area contributed by atoms with Gasteiger partial charge in [0.05, 0.1) is 19.3 Å². The molecule has 0 aliphatic rings. The standard InChI is InChI=1S/C23H29NO5/c1-5-20(25)17-8-11-19(12-9-17)29-15-23(26)24-16(4)18-10-13-21(27-6-2)22(14-18)28-7-3/h8-14,16H,5-7,15H2,1-4H3,(H,24,26)/t16-/m0/s1. The molecule has 0 aliphatic carbocycles. The number of carbonyl (C=O) groups excluding carboxylic acids is 2. The first kappa shape index (κ1) is 22.3. The van der Waals surface area contributed by atoms with E-state index in [0.29, 0.717) is 42.4 Å². The summed E-state index contributed by atoms with van der Waals surface area (Å²) < 4.78 is 16.7. The third-order valence-corrected chi connectivity index (χ3v) is 4.31. The van der Waals surface area contributed by atoms with Crippen LogP contribution in [0.15, 0.2) is 42.5 Å². The van der Waals surface area contributed by atoms with Crippen LogP contribution in [-0.4, -0.2) is 31.5 Å². The van der Waals surface area contributed by atoms with Gasteiger partial charge in [-0.15, -0.1) is 0 Å². The van der Waals surface area contributed by atoms with Crippen molar-refractivity contribution in [1.29, 1.82) is 0 Å². The third kappa shape index (κ3) is 6.52. The van der Waals surface area contributed by atoms with Crippen LogP contribution in [-0.2, 0) is 4.79 Å². The Bertz CT molecular complexity index is 817. The van der Waals surface area contributed by atoms with Crippen LogP contribution in [0.5, 0.6) is 17.2 Å². The number of amides is 1. The van der Waals surface area contributed by atoms with Crippen molar-refractivity contribution in [2.75, 3.05) is 19.8 Å². The second-order valence-corrected chi connectivity index (χ2v) is 6.45. The Labute approximate surface area is 172 Å². The molecule has 0 radical (unpaired) electrons. The van der Waals surface area contributed by atoms with Crippen molar-refractivity contribution in [2.24, 2.45) is 0 Å². The molecular weight excluding hydrogens is 370 g/mol. The fourth-order valence-corrected chi connectivity index (χ4v) is 2.79. The fraction of sp³-hybridized carbons (Fsp3) is 0.391. The van der Waals surface area contributed by atoms with E-state index in [9.17, 15) is 9.59 Å². The van der Waals surface area contributed by atoms with Gasteiger partial charge in [0.25, 0.3) is 5.91 Å². The molecule has 0 bridgehead atoms. The number of hydrogen-bond acceptors (Lipinski definition) is 5. The maximum absolute atomic E-state index is 12.3. The number of ketones is 1. The highest BCUT2D eigenvalue weighted by molar-refractivity contribution is 5.95. The predicted octanol–water partition coefficient (Wildman–Crippen LogP) is 4.33. The number of carbonyl (C=O) groups is 2. The fourth-order valence-electron chi connectivity index (χ4n) is 2.79. The molecule has 6 heteroatoms. The quantitative estimate of drug-likeness (QED) is 0.569. The normalized spacial score (nSPS) is 11.4. The molecule has 0 saturated heterocycles. The Balaban J connectivity index is 1.93. The lowest BCUT2D eigenvalue weighted by atomic mass is 10.1. The number of rotatable bonds is 11. The topological polar surface area (TPSA) is 73.9 Å². The van der Waals surface area contributed by atoms with Crippen LogP contribution in [0.4, 0.5) is 0 Å². The summed E-state index contributed by atoms with van der Waals surface area (Å²) in [5.41, 5.74) is 1.55. The lowest BCUT2D eigenvalue weighted by Gasteiger charge is -2.17. The summed E-state index contributed by atoms with van der Waals surface area (Å²) in [6, 6.07) is 12.2. The van der Waals surface area contributed by atoms with Crippen molar-refractivity contribution in [3.05, 3.63) is 53.6 Å². The lowest BCUT2D eigenvalue weighted by molar-refractivity contribution is -0.123. The average molecular weight is 399 g/mol. The molecule has 0 saturated carbocycles. The van der Waals surface area contributed by atoms with Crippen LogP contribution in [0.2, 0.25) is 0 Å². The Hall–Kier alpha value is -3.02. The third-order valence-electron chi connectivity index (χ3n) is 4.31. The molecule has 1 N–H and O–H groups in total. The van der Waals surface area contributed by atoms with E-state index in [-0.39, 0.29) is 24.3 Å². The molecule has 29 heavy (non-hydrogen) atoms. The minimum atomic E-state index is -0.238. The molecule has 0 heterocycles. The zero-order valence-electron chi connectivity index (χ0n) is 17.5. The highest BCUT2D eigenvalue weighted by Gasteiger charge is 2.14. The van der Waals surface area contributed by atoms with Gasteiger partial charge in [0.2, 0.25) is 0 Å². The van der Waals surface area contributed by atoms with Crippen molar-refractivity contribution in [1.82, 2.24) is 5.32 Å². The summed E-state index contributed by atoms with van der Waals surface area (Å²) in [5, 5.41) is 2.91. The van der Waals surface area contributed by atoms with Gasteiger partial charge < -0.3 is 19.5 Å². The van der Waals surface area contributed by atoms with Crippen molar-refractivity contribution in [2.45, 2.75) is 40.2 Å². The summed E-state index contributed by atoms with van der Waals surface area (Å²) in [7, 11) is 0. The van der Waals surface area contributed by atoms with Crippen LogP contribution < -0.4 is 19.5 Å². The van der Waals surface area contributed by atoms with E-state index >= 15 is 0 Å². The highest BCUT2D eigenvalue weighted by atomic mass is 16.5. The van der Waals surface area contributed by atoms with E-state index in [0.717, 1.165) is 5.56 Å². The monoisotopic (exact) mass is 399 g/mol. The van der Waals surface area contributed by atoms with Gasteiger partial charge in [0.15, 0.2) is 23.9 Å². The Morgan fingerprint density at radius 2 is 1.55 bits per heavy atom. The summed E-state index contributed by atoms with van der Waals surface area (Å²) in [6.45, 7) is 8.52. The molecule has 1 atom stereocenters. The summed E-state index contributed by atoms with van der Waals surface area (Å²) in [6.07, 6.45) is 0.455. The lowest BCUT2D eigenvalue weighted by Crippen LogP contribution is -2.31. The zero-order valence-corrected chi connectivity index (χ0v) is 17.5. The van der Waals surface area contributed by atoms with E-state index in [1.165, 1.54) is 0 Å². The largest absolute Gasteiger partial charge is 0.490 e. The van der Waals surface area contributed by atoms with E-state index in [1.807, 2.05) is 45.9 Å². The van der Waals surface area contributed by atoms with E-state index < -0.39 is 0 Å². The number of hydrogen-bond donors (Lipinski definition) is 1. The van der Waals surface area contributed by atoms with Crippen LogP contribution in [0.25, 0.3) is 0 Å². The average Bonchev–Trinajstić information content (AvgIpc) is 2.73. The van der Waals surface area contributed by atoms with Gasteiger partial charge in [-0.3, -0.25) is 9.59 Å². The van der Waals surface area contributed by atoms with Gasteiger partial charge in [-0.2, -0.15) is 0 Å². The predicted molar refractivity (Wildman–Crippen MR) is 112 cm³/mol. The Morgan fingerprint density at radius 1 is 0.897 bits per heavy atom. The number of benzene rings is 2. The zero-order chi connectivity index (χ0) is 21.2. The van der Waals surface area contributed by atoms with Crippen LogP contribution in [0.3, 0.4) is 0 Å². The molecule has 0 spiro atoms. The molecule has 0 aromatic heterocycles. The van der Waals surface area contributed by atoms with Crippen LogP contribution in [0, 0.1) is 0 Å². The van der Waals surface area contributed by atoms with Gasteiger partial charge in [-0.1, -0.05) is 13.0 Å². The first-order chi connectivity index (χ1) is 14.0. The molecule has 2 aromatic rings. The van der Waals surface area contributed by atoms with Crippen molar-refractivity contribution in [3.8, 4) is 17.2 Å². The van der Waals surface area contributed by atoms with Crippen molar-refractivity contribution >= 4 is 11.7 Å². The number of ether oxygens (including phenoxy) is 3. The maximum Gasteiger partial charge on any atom is 0.258 e. The minimum absolute atomic E-state index is 0.0740. The van der Waals surface area contributed by atoms with Gasteiger partial charge in [-0.25, -0.2) is 0 Å². The van der Waals surface area contributed by atoms with Crippen LogP contribution >= 0.6 is 0 Å². The molecule has 0 unspecified atom stereocenters. The van der Waals surface area contributed by atoms with Gasteiger partial charge in [0, 0.05) is 12.0 Å². The first-order valence-electron chi connectivity index (χ1n) is 9.93. The molecule has 6 nitrogen and oxygen atoms in total. The number of nitrogens with one attached hydrogen (secondary N) is 1. The second kappa shape index (κ2) is 11.1. The first-order valence-corrected chi connectivity index (χ1v) is 9.93. The molecule has 2 rings (SSSR count). The SMILES string of the molecule is CCOc1ccc([C@H](C)NC(=O)COc2ccc(C(=O)CC)cc2)cc1OCC. The van der Waals surface area contributed by atoms with Crippen molar-refractivity contribution < 1.29 is 23.8 Å². The van der Waals surface area contributed by atoms with Gasteiger partial charge in [0.1, 0.15) is 5.75 Å². The van der Waals surface area contributed by atoms with Crippen molar-refractivity contribution in [3.63, 3.8) is 0 Å². The highest BCUT2D eigenvalue weighted by Crippen LogP contribution is 2.30. The molecule has 156 valence electrons. The summed E-state index contributed by atoms with van der Waals surface area (Å²) in [5.74, 6) is 1.72. The molecule has 1 amide bonds. The number of Topliss-reactive ketones (excluding diaryl/α,β-unsaturated/α-hetero) is 1. The van der Waals surface area contributed by atoms with Crippen LogP contribution in [0.1, 0.15) is 56.1 Å². The molecule has 2 aromatic carbocycles. The molecule has 0 aliphatic heterocycles.